The number of alkyl halides is 3. The summed E-state index contributed by atoms with van der Waals surface area (Å²) < 4.78 is 43.2. The first-order chi connectivity index (χ1) is 13.4. The third-order valence-electron chi connectivity index (χ3n) is 5.24. The average molecular weight is 387 g/mol. The lowest BCUT2D eigenvalue weighted by Crippen LogP contribution is -2.35. The van der Waals surface area contributed by atoms with Crippen LogP contribution < -0.4 is 4.90 Å². The summed E-state index contributed by atoms with van der Waals surface area (Å²) in [6.45, 7) is 1.05. The first-order valence-electron chi connectivity index (χ1n) is 9.14. The number of rotatable bonds is 3. The summed E-state index contributed by atoms with van der Waals surface area (Å²) in [6.07, 6.45) is 1.90. The Labute approximate surface area is 160 Å². The van der Waals surface area contributed by atoms with E-state index in [0.29, 0.717) is 24.2 Å². The minimum absolute atomic E-state index is 0.198. The van der Waals surface area contributed by atoms with E-state index in [9.17, 15) is 13.2 Å². The highest BCUT2D eigenvalue weighted by molar-refractivity contribution is 5.81. The average Bonchev–Trinajstić information content (AvgIpc) is 3.13. The van der Waals surface area contributed by atoms with Crippen LogP contribution in [0.4, 0.5) is 18.9 Å². The Kier molecular flexibility index (Phi) is 4.78. The van der Waals surface area contributed by atoms with Gasteiger partial charge in [0, 0.05) is 49.6 Å². The molecule has 0 radical (unpaired) electrons. The zero-order chi connectivity index (χ0) is 19.7. The highest BCUT2D eigenvalue weighted by Gasteiger charge is 2.37. The molecular formula is C20H20F3N5. The number of hydrogen-bond donors (Lipinski definition) is 0. The van der Waals surface area contributed by atoms with Gasteiger partial charge in [-0.3, -0.25) is 4.98 Å². The van der Waals surface area contributed by atoms with E-state index in [1.54, 1.807) is 36.9 Å². The van der Waals surface area contributed by atoms with E-state index < -0.39 is 11.7 Å². The van der Waals surface area contributed by atoms with Crippen molar-refractivity contribution in [3.05, 3.63) is 60.4 Å². The number of hydrogen-bond acceptors (Lipinski definition) is 4. The zero-order valence-corrected chi connectivity index (χ0v) is 15.4. The quantitative estimate of drug-likeness (QED) is 0.673. The van der Waals surface area contributed by atoms with Gasteiger partial charge in [0.25, 0.3) is 0 Å². The van der Waals surface area contributed by atoms with Gasteiger partial charge in [-0.2, -0.15) is 13.2 Å². The lowest BCUT2D eigenvalue weighted by Gasteiger charge is -2.36. The van der Waals surface area contributed by atoms with Crippen molar-refractivity contribution in [1.29, 1.82) is 0 Å². The van der Waals surface area contributed by atoms with Gasteiger partial charge in [0.1, 0.15) is 12.2 Å². The molecule has 0 bridgehead atoms. The van der Waals surface area contributed by atoms with Crippen LogP contribution in [0.15, 0.2) is 49.1 Å². The molecule has 4 rings (SSSR count). The van der Waals surface area contributed by atoms with Crippen molar-refractivity contribution in [2.24, 2.45) is 7.05 Å². The maximum atomic E-state index is 13.8. The Morgan fingerprint density at radius 1 is 1.07 bits per heavy atom. The van der Waals surface area contributed by atoms with Crippen LogP contribution in [-0.2, 0) is 13.2 Å². The molecule has 0 aliphatic carbocycles. The predicted molar refractivity (Wildman–Crippen MR) is 99.9 cm³/mol. The molecule has 0 amide bonds. The molecule has 1 aliphatic rings. The van der Waals surface area contributed by atoms with E-state index in [-0.39, 0.29) is 11.6 Å². The fraction of sp³-hybridized carbons (Fsp3) is 0.350. The third-order valence-corrected chi connectivity index (χ3v) is 5.24. The van der Waals surface area contributed by atoms with Crippen molar-refractivity contribution in [2.75, 3.05) is 18.0 Å². The van der Waals surface area contributed by atoms with Gasteiger partial charge in [0.2, 0.25) is 0 Å². The number of pyridine rings is 1. The highest BCUT2D eigenvalue weighted by Crippen LogP contribution is 2.43. The van der Waals surface area contributed by atoms with Crippen molar-refractivity contribution in [2.45, 2.75) is 24.9 Å². The van der Waals surface area contributed by atoms with Crippen LogP contribution in [-0.4, -0.2) is 32.8 Å². The molecule has 1 aliphatic heterocycles. The van der Waals surface area contributed by atoms with E-state index in [0.717, 1.165) is 24.7 Å². The molecule has 8 heteroatoms. The van der Waals surface area contributed by atoms with Crippen LogP contribution in [0.5, 0.6) is 0 Å². The van der Waals surface area contributed by atoms with Gasteiger partial charge in [0.15, 0.2) is 0 Å². The zero-order valence-electron chi connectivity index (χ0n) is 15.4. The van der Waals surface area contributed by atoms with Gasteiger partial charge in [-0.05, 0) is 25.0 Å². The van der Waals surface area contributed by atoms with Crippen LogP contribution in [0.1, 0.15) is 30.1 Å². The maximum Gasteiger partial charge on any atom is 0.418 e. The van der Waals surface area contributed by atoms with E-state index in [4.69, 9.17) is 0 Å². The second-order valence-corrected chi connectivity index (χ2v) is 7.00. The second kappa shape index (κ2) is 7.26. The number of piperidine rings is 1. The Bertz CT molecular complexity index is 944. The molecule has 0 unspecified atom stereocenters. The first-order valence-corrected chi connectivity index (χ1v) is 9.14. The van der Waals surface area contributed by atoms with Crippen LogP contribution in [0.3, 0.4) is 0 Å². The van der Waals surface area contributed by atoms with Crippen LogP contribution in [0, 0.1) is 0 Å². The Balaban J connectivity index is 1.70. The van der Waals surface area contributed by atoms with Gasteiger partial charge >= 0.3 is 6.18 Å². The molecule has 0 spiro atoms. The van der Waals surface area contributed by atoms with Gasteiger partial charge in [-0.25, -0.2) is 0 Å². The monoisotopic (exact) mass is 387 g/mol. The lowest BCUT2D eigenvalue weighted by molar-refractivity contribution is -0.137. The maximum absolute atomic E-state index is 13.8. The van der Waals surface area contributed by atoms with Gasteiger partial charge < -0.3 is 9.47 Å². The molecule has 1 fully saturated rings. The molecule has 3 heterocycles. The number of nitrogens with zero attached hydrogens (tertiary/aromatic N) is 5. The Morgan fingerprint density at radius 3 is 2.46 bits per heavy atom. The van der Waals surface area contributed by atoms with Gasteiger partial charge in [-0.15, -0.1) is 10.2 Å². The van der Waals surface area contributed by atoms with Crippen molar-refractivity contribution < 1.29 is 13.2 Å². The molecule has 0 N–H and O–H groups in total. The standard InChI is InChI=1S/C20H20F3N5/c1-27-13-25-26-19(27)14-7-10-28(11-8-14)18-16(15-4-3-9-24-12-15)5-2-6-17(18)20(21,22)23/h2-6,9,12-14H,7-8,10-11H2,1H3. The minimum Gasteiger partial charge on any atom is -0.370 e. The molecule has 2 aromatic heterocycles. The van der Waals surface area contributed by atoms with Gasteiger partial charge in [-0.1, -0.05) is 18.2 Å². The van der Waals surface area contributed by atoms with Crippen LogP contribution in [0.25, 0.3) is 11.1 Å². The summed E-state index contributed by atoms with van der Waals surface area (Å²) in [5.74, 6) is 1.08. The number of anilines is 1. The molecule has 0 saturated carbocycles. The topological polar surface area (TPSA) is 46.8 Å². The van der Waals surface area contributed by atoms with E-state index in [1.165, 1.54) is 6.07 Å². The Hall–Kier alpha value is -2.90. The fourth-order valence-corrected chi connectivity index (χ4v) is 3.89. The molecule has 5 nitrogen and oxygen atoms in total. The highest BCUT2D eigenvalue weighted by atomic mass is 19.4. The molecule has 146 valence electrons. The molecular weight excluding hydrogens is 367 g/mol. The number of aryl methyl sites for hydroxylation is 1. The summed E-state index contributed by atoms with van der Waals surface area (Å²) in [7, 11) is 1.89. The summed E-state index contributed by atoms with van der Waals surface area (Å²) >= 11 is 0. The van der Waals surface area contributed by atoms with Crippen molar-refractivity contribution >= 4 is 5.69 Å². The van der Waals surface area contributed by atoms with Crippen LogP contribution in [0.2, 0.25) is 0 Å². The Morgan fingerprint density at radius 2 is 1.86 bits per heavy atom. The van der Waals surface area contributed by atoms with E-state index >= 15 is 0 Å². The summed E-state index contributed by atoms with van der Waals surface area (Å²) in [5, 5.41) is 8.08. The SMILES string of the molecule is Cn1cnnc1C1CCN(c2c(-c3cccnc3)cccc2C(F)(F)F)CC1. The molecule has 1 aromatic carbocycles. The minimum atomic E-state index is -4.42. The van der Waals surface area contributed by atoms with E-state index in [2.05, 4.69) is 15.2 Å². The third kappa shape index (κ3) is 3.46. The molecule has 3 aromatic rings. The number of halogens is 3. The summed E-state index contributed by atoms with van der Waals surface area (Å²) in [4.78, 5) is 5.92. The molecule has 28 heavy (non-hydrogen) atoms. The van der Waals surface area contributed by atoms with E-state index in [1.807, 2.05) is 16.5 Å². The number of aromatic nitrogens is 4. The largest absolute Gasteiger partial charge is 0.418 e. The summed E-state index contributed by atoms with van der Waals surface area (Å²) in [6, 6.07) is 7.87. The van der Waals surface area contributed by atoms with Crippen molar-refractivity contribution in [1.82, 2.24) is 19.7 Å². The van der Waals surface area contributed by atoms with Crippen LogP contribution >= 0.6 is 0 Å². The van der Waals surface area contributed by atoms with Crippen molar-refractivity contribution in [3.63, 3.8) is 0 Å². The lowest BCUT2D eigenvalue weighted by atomic mass is 9.93. The fourth-order valence-electron chi connectivity index (χ4n) is 3.89. The smallest absolute Gasteiger partial charge is 0.370 e. The normalized spacial score (nSPS) is 15.8. The predicted octanol–water partition coefficient (Wildman–Crippen LogP) is 4.28. The summed E-state index contributed by atoms with van der Waals surface area (Å²) in [5.41, 5.74) is 0.865. The number of benzene rings is 1. The first kappa shape index (κ1) is 18.5. The van der Waals surface area contributed by atoms with Gasteiger partial charge in [0.05, 0.1) is 11.3 Å². The molecule has 1 saturated heterocycles. The second-order valence-electron chi connectivity index (χ2n) is 7.00. The molecule has 0 atom stereocenters. The van der Waals surface area contributed by atoms with Crippen molar-refractivity contribution in [3.8, 4) is 11.1 Å². The number of para-hydroxylation sites is 1.